The molecule has 4 rings (SSSR count). The van der Waals surface area contributed by atoms with E-state index >= 15 is 0 Å². The second-order valence-electron chi connectivity index (χ2n) is 10.4. The molecule has 8 atom stereocenters. The molecule has 0 aromatic rings. The van der Waals surface area contributed by atoms with Gasteiger partial charge in [0, 0.05) is 17.4 Å². The maximum atomic E-state index is 12.6. The molecule has 0 aromatic carbocycles. The Morgan fingerprint density at radius 2 is 1.97 bits per heavy atom. The quantitative estimate of drug-likeness (QED) is 0.427. The minimum absolute atomic E-state index is 0.0248. The number of hydrogen-bond acceptors (Lipinski definition) is 4. The van der Waals surface area contributed by atoms with Gasteiger partial charge in [-0.2, -0.15) is 0 Å². The number of aliphatic hydroxyl groups excluding tert-OH is 1. The third-order valence-corrected chi connectivity index (χ3v) is 9.20. The average molecular weight is 401 g/mol. The molecule has 1 N–H and O–H groups in total. The summed E-state index contributed by atoms with van der Waals surface area (Å²) in [4.78, 5) is 25.0. The number of carbonyl (C=O) groups is 2. The standard InChI is InChI=1S/C25H36O4/c1-5-6-23(28)29-22-14-21-18(20-10-9-19(15(2)26)25(20,22)4)8-7-16-13-17(27)11-12-24(16,21)3/h5-7,17-22,27H,8-14H2,1-4H3/b6-5+/t17-,18?,19?,20?,21?,22+,24-,25+/m0/s1. The van der Waals surface area contributed by atoms with Gasteiger partial charge in [-0.1, -0.05) is 31.6 Å². The summed E-state index contributed by atoms with van der Waals surface area (Å²) in [6.45, 7) is 8.11. The van der Waals surface area contributed by atoms with E-state index < -0.39 is 0 Å². The number of fused-ring (bicyclic) bond motifs is 5. The van der Waals surface area contributed by atoms with Crippen LogP contribution in [0.25, 0.3) is 0 Å². The first-order valence-corrected chi connectivity index (χ1v) is 11.4. The molecule has 3 fully saturated rings. The topological polar surface area (TPSA) is 63.6 Å². The molecule has 0 radical (unpaired) electrons. The van der Waals surface area contributed by atoms with E-state index in [0.717, 1.165) is 44.9 Å². The molecule has 0 aromatic heterocycles. The maximum absolute atomic E-state index is 12.6. The van der Waals surface area contributed by atoms with Gasteiger partial charge in [-0.15, -0.1) is 0 Å². The minimum Gasteiger partial charge on any atom is -0.459 e. The first-order chi connectivity index (χ1) is 13.7. The SMILES string of the molecule is C/C=C/C(=O)O[C@@H]1CC2C(CC=C3C[C@@H](O)CC[C@@]32C)C2CCC(C(C)=O)[C@]21C. The second kappa shape index (κ2) is 7.37. The van der Waals surface area contributed by atoms with E-state index in [4.69, 9.17) is 4.74 Å². The Balaban J connectivity index is 1.73. The van der Waals surface area contributed by atoms with Gasteiger partial charge in [0.2, 0.25) is 0 Å². The van der Waals surface area contributed by atoms with Gasteiger partial charge in [-0.3, -0.25) is 4.79 Å². The number of rotatable bonds is 3. The predicted molar refractivity (Wildman–Crippen MR) is 112 cm³/mol. The van der Waals surface area contributed by atoms with Crippen molar-refractivity contribution in [2.75, 3.05) is 0 Å². The lowest BCUT2D eigenvalue weighted by Gasteiger charge is -2.59. The van der Waals surface area contributed by atoms with E-state index in [-0.39, 0.29) is 40.7 Å². The van der Waals surface area contributed by atoms with E-state index in [2.05, 4.69) is 19.9 Å². The Labute approximate surface area is 174 Å². The maximum Gasteiger partial charge on any atom is 0.330 e. The van der Waals surface area contributed by atoms with Gasteiger partial charge in [-0.25, -0.2) is 4.79 Å². The normalized spacial score (nSPS) is 46.4. The van der Waals surface area contributed by atoms with Gasteiger partial charge < -0.3 is 9.84 Å². The zero-order valence-electron chi connectivity index (χ0n) is 18.3. The Bertz CT molecular complexity index is 752. The first kappa shape index (κ1) is 20.8. The van der Waals surface area contributed by atoms with Crippen molar-refractivity contribution in [3.05, 3.63) is 23.8 Å². The molecule has 4 aliphatic carbocycles. The summed E-state index contributed by atoms with van der Waals surface area (Å²) in [6.07, 6.45) is 11.6. The van der Waals surface area contributed by atoms with E-state index in [9.17, 15) is 14.7 Å². The van der Waals surface area contributed by atoms with Crippen molar-refractivity contribution in [2.45, 2.75) is 84.8 Å². The molecule has 0 heterocycles. The largest absolute Gasteiger partial charge is 0.459 e. The average Bonchev–Trinajstić information content (AvgIpc) is 3.02. The molecule has 0 amide bonds. The van der Waals surface area contributed by atoms with Crippen LogP contribution in [0.3, 0.4) is 0 Å². The fourth-order valence-corrected chi connectivity index (χ4v) is 7.73. The van der Waals surface area contributed by atoms with Crippen LogP contribution in [-0.2, 0) is 14.3 Å². The zero-order valence-corrected chi connectivity index (χ0v) is 18.3. The van der Waals surface area contributed by atoms with Crippen LogP contribution in [0, 0.1) is 34.5 Å². The van der Waals surface area contributed by atoms with Gasteiger partial charge in [-0.05, 0) is 82.0 Å². The fourth-order valence-electron chi connectivity index (χ4n) is 7.73. The van der Waals surface area contributed by atoms with Crippen LogP contribution in [-0.4, -0.2) is 29.1 Å². The van der Waals surface area contributed by atoms with Crippen molar-refractivity contribution in [2.24, 2.45) is 34.5 Å². The number of aliphatic hydroxyl groups is 1. The predicted octanol–water partition coefficient (Wildman–Crippen LogP) is 4.61. The highest BCUT2D eigenvalue weighted by molar-refractivity contribution is 5.82. The Morgan fingerprint density at radius 1 is 1.21 bits per heavy atom. The van der Waals surface area contributed by atoms with E-state index in [0.29, 0.717) is 17.8 Å². The summed E-state index contributed by atoms with van der Waals surface area (Å²) in [6, 6.07) is 0. The number of ketones is 1. The Kier molecular flexibility index (Phi) is 5.30. The van der Waals surface area contributed by atoms with Crippen molar-refractivity contribution in [3.8, 4) is 0 Å². The lowest BCUT2D eigenvalue weighted by atomic mass is 9.46. The van der Waals surface area contributed by atoms with Crippen molar-refractivity contribution >= 4 is 11.8 Å². The summed E-state index contributed by atoms with van der Waals surface area (Å²) in [7, 11) is 0. The summed E-state index contributed by atoms with van der Waals surface area (Å²) < 4.78 is 6.08. The number of allylic oxidation sites excluding steroid dienone is 2. The second-order valence-corrected chi connectivity index (χ2v) is 10.4. The number of ether oxygens (including phenoxy) is 1. The molecular formula is C25H36O4. The highest BCUT2D eigenvalue weighted by Gasteiger charge is 2.64. The summed E-state index contributed by atoms with van der Waals surface area (Å²) in [5.41, 5.74) is 1.20. The van der Waals surface area contributed by atoms with Crippen LogP contribution in [0.1, 0.15) is 72.6 Å². The smallest absolute Gasteiger partial charge is 0.330 e. The van der Waals surface area contributed by atoms with Crippen molar-refractivity contribution in [1.29, 1.82) is 0 Å². The molecular weight excluding hydrogens is 364 g/mol. The lowest BCUT2D eigenvalue weighted by molar-refractivity contribution is -0.176. The molecule has 29 heavy (non-hydrogen) atoms. The number of hydrogen-bond donors (Lipinski definition) is 1. The van der Waals surface area contributed by atoms with Crippen LogP contribution < -0.4 is 0 Å². The van der Waals surface area contributed by atoms with Crippen molar-refractivity contribution in [3.63, 3.8) is 0 Å². The molecule has 0 bridgehead atoms. The minimum atomic E-state index is -0.291. The van der Waals surface area contributed by atoms with Crippen LogP contribution in [0.2, 0.25) is 0 Å². The van der Waals surface area contributed by atoms with Gasteiger partial charge in [0.1, 0.15) is 11.9 Å². The third kappa shape index (κ3) is 3.13. The van der Waals surface area contributed by atoms with Gasteiger partial charge in [0.15, 0.2) is 0 Å². The summed E-state index contributed by atoms with van der Waals surface area (Å²) in [5.74, 6) is 1.30. The van der Waals surface area contributed by atoms with Crippen molar-refractivity contribution in [1.82, 2.24) is 0 Å². The zero-order chi connectivity index (χ0) is 21.0. The van der Waals surface area contributed by atoms with Crippen LogP contribution in [0.15, 0.2) is 23.8 Å². The fraction of sp³-hybridized carbons (Fsp3) is 0.760. The molecule has 0 spiro atoms. The summed E-state index contributed by atoms with van der Waals surface area (Å²) in [5, 5.41) is 10.2. The first-order valence-electron chi connectivity index (χ1n) is 11.4. The van der Waals surface area contributed by atoms with Gasteiger partial charge >= 0.3 is 5.97 Å². The van der Waals surface area contributed by atoms with Crippen LogP contribution in [0.5, 0.6) is 0 Å². The monoisotopic (exact) mass is 400 g/mol. The molecule has 3 saturated carbocycles. The number of carbonyl (C=O) groups excluding carboxylic acids is 2. The molecule has 4 heteroatoms. The van der Waals surface area contributed by atoms with E-state index in [1.807, 2.05) is 6.92 Å². The number of Topliss-reactive ketones (excluding diaryl/α,β-unsaturated/α-hetero) is 1. The van der Waals surface area contributed by atoms with E-state index in [1.165, 1.54) is 11.6 Å². The highest BCUT2D eigenvalue weighted by atomic mass is 16.5. The molecule has 0 aliphatic heterocycles. The number of esters is 1. The third-order valence-electron chi connectivity index (χ3n) is 9.20. The van der Waals surface area contributed by atoms with Crippen molar-refractivity contribution < 1.29 is 19.4 Å². The Hall–Kier alpha value is -1.42. The van der Waals surface area contributed by atoms with E-state index in [1.54, 1.807) is 13.0 Å². The highest BCUT2D eigenvalue weighted by Crippen LogP contribution is 2.66. The van der Waals surface area contributed by atoms with Crippen LogP contribution in [0.4, 0.5) is 0 Å². The van der Waals surface area contributed by atoms with Gasteiger partial charge in [0.05, 0.1) is 6.10 Å². The molecule has 0 saturated heterocycles. The summed E-state index contributed by atoms with van der Waals surface area (Å²) >= 11 is 0. The molecule has 4 nitrogen and oxygen atoms in total. The van der Waals surface area contributed by atoms with Crippen LogP contribution >= 0.6 is 0 Å². The molecule has 160 valence electrons. The van der Waals surface area contributed by atoms with Gasteiger partial charge in [0.25, 0.3) is 0 Å². The lowest BCUT2D eigenvalue weighted by Crippen LogP contribution is -2.57. The molecule has 4 aliphatic rings. The molecule has 4 unspecified atom stereocenters. The Morgan fingerprint density at radius 3 is 2.66 bits per heavy atom.